The number of esters is 1. The summed E-state index contributed by atoms with van der Waals surface area (Å²) >= 11 is 2.92. The number of aryl methyl sites for hydroxylation is 1. The van der Waals surface area contributed by atoms with Gasteiger partial charge >= 0.3 is 5.97 Å². The van der Waals surface area contributed by atoms with E-state index in [2.05, 4.69) is 16.9 Å². The molecule has 2 atom stereocenters. The second kappa shape index (κ2) is 7.91. The van der Waals surface area contributed by atoms with Gasteiger partial charge < -0.3 is 9.72 Å². The summed E-state index contributed by atoms with van der Waals surface area (Å²) in [6, 6.07) is 0. The van der Waals surface area contributed by atoms with Crippen LogP contribution in [0, 0.1) is 5.92 Å². The fourth-order valence-corrected chi connectivity index (χ4v) is 5.45. The molecule has 0 aliphatic heterocycles. The van der Waals surface area contributed by atoms with Crippen molar-refractivity contribution in [3.05, 3.63) is 20.8 Å². The Labute approximate surface area is 155 Å². The number of carbonyl (C=O) groups excluding carboxylic acids is 1. The zero-order valence-corrected chi connectivity index (χ0v) is 16.5. The van der Waals surface area contributed by atoms with E-state index in [-0.39, 0.29) is 16.8 Å². The molecule has 2 aromatic rings. The van der Waals surface area contributed by atoms with E-state index in [1.807, 2.05) is 13.8 Å². The number of aromatic amines is 1. The van der Waals surface area contributed by atoms with E-state index < -0.39 is 0 Å². The molecule has 0 unspecified atom stereocenters. The summed E-state index contributed by atoms with van der Waals surface area (Å²) in [4.78, 5) is 34.3. The van der Waals surface area contributed by atoms with Gasteiger partial charge in [0, 0.05) is 4.88 Å². The Kier molecular flexibility index (Phi) is 5.84. The average Bonchev–Trinajstić information content (AvgIpc) is 2.95. The van der Waals surface area contributed by atoms with Gasteiger partial charge in [-0.25, -0.2) is 4.98 Å². The fourth-order valence-electron chi connectivity index (χ4n) is 3.11. The smallest absolute Gasteiger partial charge is 0.319 e. The number of hydrogen-bond donors (Lipinski definition) is 1. The highest BCUT2D eigenvalue weighted by molar-refractivity contribution is 8.00. The Balaban J connectivity index is 1.88. The monoisotopic (exact) mass is 380 g/mol. The summed E-state index contributed by atoms with van der Waals surface area (Å²) in [5.74, 6) is 0.419. The van der Waals surface area contributed by atoms with Crippen molar-refractivity contribution >= 4 is 39.3 Å². The molecule has 0 bridgehead atoms. The topological polar surface area (TPSA) is 72.0 Å². The lowest BCUT2D eigenvalue weighted by Crippen LogP contribution is -2.21. The molecule has 7 heteroatoms. The van der Waals surface area contributed by atoms with Crippen LogP contribution in [0.25, 0.3) is 10.2 Å². The van der Waals surface area contributed by atoms with Gasteiger partial charge in [0.1, 0.15) is 10.1 Å². The normalized spacial score (nSPS) is 18.1. The van der Waals surface area contributed by atoms with Crippen molar-refractivity contribution in [2.45, 2.75) is 63.3 Å². The van der Waals surface area contributed by atoms with Crippen molar-refractivity contribution in [2.75, 3.05) is 6.61 Å². The highest BCUT2D eigenvalue weighted by atomic mass is 32.2. The van der Waals surface area contributed by atoms with Gasteiger partial charge in [0.2, 0.25) is 0 Å². The first-order valence-electron chi connectivity index (χ1n) is 8.91. The molecular formula is C18H24N2O3S2. The van der Waals surface area contributed by atoms with Gasteiger partial charge in [-0.15, -0.1) is 11.3 Å². The van der Waals surface area contributed by atoms with Crippen molar-refractivity contribution in [2.24, 2.45) is 5.92 Å². The molecule has 0 saturated carbocycles. The van der Waals surface area contributed by atoms with E-state index in [1.54, 1.807) is 11.3 Å². The Morgan fingerprint density at radius 2 is 2.28 bits per heavy atom. The molecule has 0 aromatic carbocycles. The van der Waals surface area contributed by atoms with Crippen LogP contribution in [-0.2, 0) is 22.4 Å². The maximum atomic E-state index is 12.6. The van der Waals surface area contributed by atoms with Gasteiger partial charge in [-0.3, -0.25) is 9.59 Å². The summed E-state index contributed by atoms with van der Waals surface area (Å²) < 4.78 is 5.24. The molecule has 5 nitrogen and oxygen atoms in total. The lowest BCUT2D eigenvalue weighted by molar-refractivity contribution is -0.143. The third-order valence-corrected chi connectivity index (χ3v) is 6.85. The molecular weight excluding hydrogens is 356 g/mol. The van der Waals surface area contributed by atoms with Gasteiger partial charge in [0.25, 0.3) is 5.56 Å². The number of carbonyl (C=O) groups is 1. The summed E-state index contributed by atoms with van der Waals surface area (Å²) in [7, 11) is 0. The number of nitrogens with one attached hydrogen (secondary N) is 1. The molecule has 25 heavy (non-hydrogen) atoms. The van der Waals surface area contributed by atoms with Crippen LogP contribution in [0.1, 0.15) is 50.5 Å². The molecule has 0 fully saturated rings. The van der Waals surface area contributed by atoms with Crippen molar-refractivity contribution < 1.29 is 9.53 Å². The maximum absolute atomic E-state index is 12.6. The third kappa shape index (κ3) is 3.92. The average molecular weight is 381 g/mol. The van der Waals surface area contributed by atoms with Crippen molar-refractivity contribution in [3.8, 4) is 0 Å². The standard InChI is InChI=1S/C18H24N2O3S2/c1-4-8-23-17(22)12(5-2)25-18-19-15(21)14-11-7-6-10(3)9-13(11)24-16(14)20-18/h10,12H,4-9H2,1-3H3,(H,19,20,21)/t10-,12-/m0/s1. The first-order valence-corrected chi connectivity index (χ1v) is 10.6. The Bertz CT molecular complexity index is 828. The second-order valence-electron chi connectivity index (χ2n) is 6.59. The van der Waals surface area contributed by atoms with E-state index in [4.69, 9.17) is 4.74 Å². The van der Waals surface area contributed by atoms with Gasteiger partial charge in [-0.2, -0.15) is 0 Å². The molecule has 2 heterocycles. The highest BCUT2D eigenvalue weighted by Gasteiger charge is 2.25. The minimum absolute atomic E-state index is 0.0867. The van der Waals surface area contributed by atoms with Gasteiger partial charge in [-0.1, -0.05) is 32.5 Å². The van der Waals surface area contributed by atoms with Crippen LogP contribution in [0.2, 0.25) is 0 Å². The molecule has 0 radical (unpaired) electrons. The lowest BCUT2D eigenvalue weighted by atomic mass is 9.89. The summed E-state index contributed by atoms with van der Waals surface area (Å²) in [6.45, 7) is 6.58. The van der Waals surface area contributed by atoms with Crippen molar-refractivity contribution in [1.82, 2.24) is 9.97 Å². The molecule has 0 saturated heterocycles. The minimum atomic E-state index is -0.346. The first kappa shape index (κ1) is 18.5. The number of ether oxygens (including phenoxy) is 1. The number of hydrogen-bond acceptors (Lipinski definition) is 6. The molecule has 1 N–H and O–H groups in total. The number of thiophene rings is 1. The third-order valence-electron chi connectivity index (χ3n) is 4.48. The SMILES string of the molecule is CCCOC(=O)[C@H](CC)Sc1nc2sc3c(c2c(=O)[nH]1)CC[C@H](C)C3. The number of rotatable bonds is 6. The summed E-state index contributed by atoms with van der Waals surface area (Å²) in [5.41, 5.74) is 1.09. The van der Waals surface area contributed by atoms with Gasteiger partial charge in [-0.05, 0) is 43.6 Å². The molecule has 2 aromatic heterocycles. The number of thioether (sulfide) groups is 1. The number of H-pyrrole nitrogens is 1. The van der Waals surface area contributed by atoms with Crippen molar-refractivity contribution in [3.63, 3.8) is 0 Å². The summed E-state index contributed by atoms with van der Waals surface area (Å²) in [5, 5.41) is 0.907. The van der Waals surface area contributed by atoms with Crippen molar-refractivity contribution in [1.29, 1.82) is 0 Å². The zero-order chi connectivity index (χ0) is 18.0. The Morgan fingerprint density at radius 1 is 1.48 bits per heavy atom. The van der Waals surface area contributed by atoms with Crippen LogP contribution in [0.3, 0.4) is 0 Å². The van der Waals surface area contributed by atoms with Crippen LogP contribution in [-0.4, -0.2) is 27.8 Å². The largest absolute Gasteiger partial charge is 0.465 e. The van der Waals surface area contributed by atoms with Crippen LogP contribution < -0.4 is 5.56 Å². The fraction of sp³-hybridized carbons (Fsp3) is 0.611. The van der Waals surface area contributed by atoms with Crippen LogP contribution in [0.15, 0.2) is 9.95 Å². The van der Waals surface area contributed by atoms with Crippen LogP contribution >= 0.6 is 23.1 Å². The molecule has 1 aliphatic carbocycles. The van der Waals surface area contributed by atoms with E-state index in [0.717, 1.165) is 35.9 Å². The Morgan fingerprint density at radius 3 is 3.00 bits per heavy atom. The number of aromatic nitrogens is 2. The number of fused-ring (bicyclic) bond motifs is 3. The molecule has 3 rings (SSSR count). The molecule has 0 amide bonds. The van der Waals surface area contributed by atoms with Gasteiger partial charge in [0.05, 0.1) is 12.0 Å². The van der Waals surface area contributed by atoms with Gasteiger partial charge in [0.15, 0.2) is 5.16 Å². The molecule has 0 spiro atoms. The van der Waals surface area contributed by atoms with Crippen LogP contribution in [0.4, 0.5) is 0 Å². The van der Waals surface area contributed by atoms with E-state index in [9.17, 15) is 9.59 Å². The first-order chi connectivity index (χ1) is 12.0. The highest BCUT2D eigenvalue weighted by Crippen LogP contribution is 2.36. The predicted molar refractivity (Wildman–Crippen MR) is 103 cm³/mol. The number of nitrogens with zero attached hydrogens (tertiary/aromatic N) is 1. The lowest BCUT2D eigenvalue weighted by Gasteiger charge is -2.17. The molecule has 1 aliphatic rings. The minimum Gasteiger partial charge on any atom is -0.465 e. The maximum Gasteiger partial charge on any atom is 0.319 e. The Hall–Kier alpha value is -1.34. The summed E-state index contributed by atoms with van der Waals surface area (Å²) in [6.07, 6.45) is 4.53. The second-order valence-corrected chi connectivity index (χ2v) is 8.86. The van der Waals surface area contributed by atoms with E-state index in [0.29, 0.717) is 24.1 Å². The zero-order valence-electron chi connectivity index (χ0n) is 14.9. The van der Waals surface area contributed by atoms with E-state index >= 15 is 0 Å². The van der Waals surface area contributed by atoms with Crippen LogP contribution in [0.5, 0.6) is 0 Å². The van der Waals surface area contributed by atoms with E-state index in [1.165, 1.54) is 22.2 Å². The molecule has 136 valence electrons. The quantitative estimate of drug-likeness (QED) is 0.467. The predicted octanol–water partition coefficient (Wildman–Crippen LogP) is 3.93.